The molecule has 0 radical (unpaired) electrons. The minimum atomic E-state index is -1.16. The Morgan fingerprint density at radius 1 is 1.05 bits per heavy atom. The molecular formula is C18H15ClO3. The lowest BCUT2D eigenvalue weighted by atomic mass is 9.70. The fraction of sp³-hybridized carbons (Fsp3) is 0.167. The van der Waals surface area contributed by atoms with Gasteiger partial charge in [0.2, 0.25) is 0 Å². The Labute approximate surface area is 133 Å². The van der Waals surface area contributed by atoms with Crippen LogP contribution in [0.15, 0.2) is 60.7 Å². The topological polar surface area (TPSA) is 46.5 Å². The van der Waals surface area contributed by atoms with Crippen molar-refractivity contribution >= 4 is 17.6 Å². The Balaban J connectivity index is 2.26. The largest absolute Gasteiger partial charge is 0.480 e. The van der Waals surface area contributed by atoms with E-state index in [0.29, 0.717) is 34.9 Å². The first kappa shape index (κ1) is 14.7. The number of benzene rings is 2. The lowest BCUT2D eigenvalue weighted by Gasteiger charge is -2.36. The maximum Gasteiger partial charge on any atom is 0.319 e. The highest BCUT2D eigenvalue weighted by Crippen LogP contribution is 2.50. The van der Waals surface area contributed by atoms with Gasteiger partial charge in [0.05, 0.1) is 0 Å². The summed E-state index contributed by atoms with van der Waals surface area (Å²) in [6.07, 6.45) is 3.92. The molecule has 22 heavy (non-hydrogen) atoms. The van der Waals surface area contributed by atoms with Crippen LogP contribution in [0.3, 0.4) is 0 Å². The average Bonchev–Trinajstić information content (AvgIpc) is 2.54. The number of hydrogen-bond donors (Lipinski definition) is 1. The quantitative estimate of drug-likeness (QED) is 0.674. The van der Waals surface area contributed by atoms with Gasteiger partial charge in [-0.2, -0.15) is 0 Å². The zero-order chi connectivity index (χ0) is 15.6. The number of alkyl halides is 1. The van der Waals surface area contributed by atoms with E-state index in [0.717, 1.165) is 0 Å². The molecule has 0 aromatic heterocycles. The van der Waals surface area contributed by atoms with Crippen LogP contribution in [0.2, 0.25) is 0 Å². The van der Waals surface area contributed by atoms with Gasteiger partial charge in [0, 0.05) is 17.0 Å². The molecule has 2 aromatic carbocycles. The van der Waals surface area contributed by atoms with Crippen molar-refractivity contribution in [2.75, 3.05) is 5.88 Å². The van der Waals surface area contributed by atoms with E-state index in [1.165, 1.54) is 0 Å². The summed E-state index contributed by atoms with van der Waals surface area (Å²) >= 11 is 5.69. The number of carboxylic acids is 1. The van der Waals surface area contributed by atoms with Crippen molar-refractivity contribution in [3.05, 3.63) is 71.8 Å². The Morgan fingerprint density at radius 2 is 1.59 bits per heavy atom. The Morgan fingerprint density at radius 3 is 2.09 bits per heavy atom. The molecule has 1 aliphatic rings. The molecule has 0 unspecified atom stereocenters. The molecule has 2 aromatic rings. The van der Waals surface area contributed by atoms with Crippen LogP contribution in [0.4, 0.5) is 0 Å². The molecule has 4 heteroatoms. The molecule has 0 fully saturated rings. The third-order valence-corrected chi connectivity index (χ3v) is 4.14. The van der Waals surface area contributed by atoms with Gasteiger partial charge < -0.3 is 9.84 Å². The number of rotatable bonds is 4. The van der Waals surface area contributed by atoms with Gasteiger partial charge in [-0.15, -0.1) is 11.6 Å². The van der Waals surface area contributed by atoms with Gasteiger partial charge in [-0.3, -0.25) is 4.79 Å². The molecule has 0 atom stereocenters. The van der Waals surface area contributed by atoms with Crippen LogP contribution in [-0.2, 0) is 10.2 Å². The van der Waals surface area contributed by atoms with Gasteiger partial charge in [0.1, 0.15) is 16.9 Å². The van der Waals surface area contributed by atoms with Gasteiger partial charge in [-0.05, 0) is 18.6 Å². The summed E-state index contributed by atoms with van der Waals surface area (Å²) in [5.74, 6) is 0.635. The molecular weight excluding hydrogens is 300 g/mol. The first-order valence-corrected chi connectivity index (χ1v) is 7.55. The van der Waals surface area contributed by atoms with Gasteiger partial charge in [0.15, 0.2) is 0 Å². The summed E-state index contributed by atoms with van der Waals surface area (Å²) in [5, 5.41) is 10.1. The Bertz CT molecular complexity index is 691. The first-order chi connectivity index (χ1) is 10.7. The van der Waals surface area contributed by atoms with Crippen molar-refractivity contribution in [2.24, 2.45) is 0 Å². The number of para-hydroxylation sites is 2. The fourth-order valence-electron chi connectivity index (χ4n) is 2.94. The molecule has 0 saturated heterocycles. The molecule has 0 spiro atoms. The van der Waals surface area contributed by atoms with E-state index in [-0.39, 0.29) is 0 Å². The van der Waals surface area contributed by atoms with Gasteiger partial charge in [-0.1, -0.05) is 48.6 Å². The lowest BCUT2D eigenvalue weighted by molar-refractivity contribution is -0.142. The SMILES string of the molecule is O=C(O)C1(C/C=C/CCl)c2ccccc2Oc2ccccc21. The zero-order valence-electron chi connectivity index (χ0n) is 11.8. The summed E-state index contributed by atoms with van der Waals surface area (Å²) < 4.78 is 5.88. The number of carbonyl (C=O) groups is 1. The molecule has 0 bridgehead atoms. The maximum atomic E-state index is 12.3. The standard InChI is InChI=1S/C18H15ClO3/c19-12-6-5-11-18(17(20)21)13-7-1-3-9-15(13)22-16-10-4-2-8-14(16)18/h1-10H,11-12H2,(H,20,21)/b6-5+. The van der Waals surface area contributed by atoms with Gasteiger partial charge >= 0.3 is 5.97 Å². The summed E-state index contributed by atoms with van der Waals surface area (Å²) in [5.41, 5.74) is 0.175. The van der Waals surface area contributed by atoms with E-state index < -0.39 is 11.4 Å². The third kappa shape index (κ3) is 2.18. The van der Waals surface area contributed by atoms with E-state index in [4.69, 9.17) is 16.3 Å². The van der Waals surface area contributed by atoms with Crippen LogP contribution in [0, 0.1) is 0 Å². The molecule has 0 saturated carbocycles. The minimum Gasteiger partial charge on any atom is -0.480 e. The number of allylic oxidation sites excluding steroid dienone is 2. The van der Waals surface area contributed by atoms with Gasteiger partial charge in [0.25, 0.3) is 0 Å². The second kappa shape index (κ2) is 5.85. The Kier molecular flexibility index (Phi) is 3.90. The highest BCUT2D eigenvalue weighted by Gasteiger charge is 2.47. The first-order valence-electron chi connectivity index (χ1n) is 7.01. The maximum absolute atomic E-state index is 12.3. The van der Waals surface area contributed by atoms with Crippen molar-refractivity contribution in [1.82, 2.24) is 0 Å². The predicted molar refractivity (Wildman–Crippen MR) is 85.9 cm³/mol. The molecule has 1 N–H and O–H groups in total. The lowest BCUT2D eigenvalue weighted by Crippen LogP contribution is -2.39. The molecule has 112 valence electrons. The van der Waals surface area contributed by atoms with Gasteiger partial charge in [-0.25, -0.2) is 0 Å². The number of fused-ring (bicyclic) bond motifs is 2. The smallest absolute Gasteiger partial charge is 0.319 e. The highest BCUT2D eigenvalue weighted by atomic mass is 35.5. The summed E-state index contributed by atoms with van der Waals surface area (Å²) in [6.45, 7) is 0. The highest BCUT2D eigenvalue weighted by molar-refractivity contribution is 6.18. The number of aliphatic carboxylic acids is 1. The second-order valence-electron chi connectivity index (χ2n) is 5.13. The molecule has 3 nitrogen and oxygen atoms in total. The van der Waals surface area contributed by atoms with Crippen LogP contribution in [-0.4, -0.2) is 17.0 Å². The molecule has 1 aliphatic heterocycles. The van der Waals surface area contributed by atoms with Crippen molar-refractivity contribution < 1.29 is 14.6 Å². The van der Waals surface area contributed by atoms with Crippen LogP contribution >= 0.6 is 11.6 Å². The summed E-state index contributed by atoms with van der Waals surface area (Å²) in [4.78, 5) is 12.3. The second-order valence-corrected chi connectivity index (χ2v) is 5.44. The fourth-order valence-corrected chi connectivity index (χ4v) is 3.07. The van der Waals surface area contributed by atoms with E-state index in [1.807, 2.05) is 42.5 Å². The average molecular weight is 315 g/mol. The van der Waals surface area contributed by atoms with Crippen molar-refractivity contribution in [2.45, 2.75) is 11.8 Å². The molecule has 1 heterocycles. The van der Waals surface area contributed by atoms with E-state index in [2.05, 4.69) is 0 Å². The van der Waals surface area contributed by atoms with Crippen LogP contribution in [0.25, 0.3) is 0 Å². The van der Waals surface area contributed by atoms with E-state index >= 15 is 0 Å². The monoisotopic (exact) mass is 314 g/mol. The molecule has 0 aliphatic carbocycles. The predicted octanol–water partition coefficient (Wildman–Crippen LogP) is 4.35. The number of hydrogen-bond acceptors (Lipinski definition) is 2. The number of ether oxygens (including phenoxy) is 1. The minimum absolute atomic E-state index is 0.326. The summed E-state index contributed by atoms with van der Waals surface area (Å²) in [6, 6.07) is 14.6. The number of carboxylic acid groups (broad SMARTS) is 1. The van der Waals surface area contributed by atoms with Crippen LogP contribution in [0.5, 0.6) is 11.5 Å². The normalized spacial score (nSPS) is 15.0. The number of halogens is 1. The van der Waals surface area contributed by atoms with Crippen molar-refractivity contribution in [3.63, 3.8) is 0 Å². The van der Waals surface area contributed by atoms with Crippen LogP contribution in [0.1, 0.15) is 17.5 Å². The molecule has 3 rings (SSSR count). The van der Waals surface area contributed by atoms with E-state index in [1.54, 1.807) is 18.2 Å². The summed E-state index contributed by atoms with van der Waals surface area (Å²) in [7, 11) is 0. The van der Waals surface area contributed by atoms with Crippen molar-refractivity contribution in [1.29, 1.82) is 0 Å². The zero-order valence-corrected chi connectivity index (χ0v) is 12.6. The molecule has 0 amide bonds. The van der Waals surface area contributed by atoms with E-state index in [9.17, 15) is 9.90 Å². The van der Waals surface area contributed by atoms with Crippen molar-refractivity contribution in [3.8, 4) is 11.5 Å². The third-order valence-electron chi connectivity index (χ3n) is 3.96. The van der Waals surface area contributed by atoms with Crippen LogP contribution < -0.4 is 4.74 Å². The Hall–Kier alpha value is -2.26.